The van der Waals surface area contributed by atoms with Gasteiger partial charge < -0.3 is 0 Å². The Morgan fingerprint density at radius 1 is 1.53 bits per heavy atom. The minimum atomic E-state index is -0.122. The molecule has 0 spiro atoms. The first-order chi connectivity index (χ1) is 7.08. The fraction of sp³-hybridized carbons (Fsp3) is 0.538. The van der Waals surface area contributed by atoms with Gasteiger partial charge in [0, 0.05) is 6.20 Å². The molecule has 0 fully saturated rings. The SMILES string of the molecule is C=CC(=N/C=C\C)[C@H](C(C)=O)C(C)CC. The first-order valence-corrected chi connectivity index (χ1v) is 5.40. The van der Waals surface area contributed by atoms with Crippen molar-refractivity contribution >= 4 is 11.5 Å². The predicted molar refractivity (Wildman–Crippen MR) is 66.1 cm³/mol. The topological polar surface area (TPSA) is 29.4 Å². The van der Waals surface area contributed by atoms with Crippen LogP contribution in [0.15, 0.2) is 29.9 Å². The number of allylic oxidation sites excluding steroid dienone is 2. The van der Waals surface area contributed by atoms with E-state index in [9.17, 15) is 4.79 Å². The minimum absolute atomic E-state index is 0.122. The molecule has 0 aliphatic heterocycles. The van der Waals surface area contributed by atoms with Crippen molar-refractivity contribution in [2.75, 3.05) is 0 Å². The molecule has 0 aliphatic rings. The van der Waals surface area contributed by atoms with Gasteiger partial charge in [-0.3, -0.25) is 9.79 Å². The lowest BCUT2D eigenvalue weighted by molar-refractivity contribution is -0.119. The number of rotatable bonds is 6. The minimum Gasteiger partial charge on any atom is -0.299 e. The van der Waals surface area contributed by atoms with Crippen LogP contribution in [0.3, 0.4) is 0 Å². The number of hydrogen-bond donors (Lipinski definition) is 0. The zero-order valence-electron chi connectivity index (χ0n) is 10.2. The van der Waals surface area contributed by atoms with Crippen LogP contribution in [-0.4, -0.2) is 11.5 Å². The van der Waals surface area contributed by atoms with E-state index in [0.29, 0.717) is 5.92 Å². The second-order valence-electron chi connectivity index (χ2n) is 3.71. The van der Waals surface area contributed by atoms with E-state index in [4.69, 9.17) is 0 Å². The van der Waals surface area contributed by atoms with Crippen LogP contribution < -0.4 is 0 Å². The van der Waals surface area contributed by atoms with Gasteiger partial charge in [0.05, 0.1) is 11.6 Å². The van der Waals surface area contributed by atoms with Crippen LogP contribution in [-0.2, 0) is 4.79 Å². The second-order valence-corrected chi connectivity index (χ2v) is 3.71. The highest BCUT2D eigenvalue weighted by Gasteiger charge is 2.24. The largest absolute Gasteiger partial charge is 0.299 e. The summed E-state index contributed by atoms with van der Waals surface area (Å²) >= 11 is 0. The van der Waals surface area contributed by atoms with Crippen molar-refractivity contribution in [1.82, 2.24) is 0 Å². The van der Waals surface area contributed by atoms with Crippen molar-refractivity contribution in [3.05, 3.63) is 24.9 Å². The number of nitrogens with zero attached hydrogens (tertiary/aromatic N) is 1. The van der Waals surface area contributed by atoms with Gasteiger partial charge in [-0.25, -0.2) is 0 Å². The summed E-state index contributed by atoms with van der Waals surface area (Å²) < 4.78 is 0. The molecule has 0 saturated carbocycles. The Bertz CT molecular complexity index is 276. The van der Waals surface area contributed by atoms with Crippen LogP contribution in [0.5, 0.6) is 0 Å². The van der Waals surface area contributed by atoms with Gasteiger partial charge in [-0.05, 0) is 25.8 Å². The van der Waals surface area contributed by atoms with Gasteiger partial charge in [-0.1, -0.05) is 32.9 Å². The summed E-state index contributed by atoms with van der Waals surface area (Å²) in [6.45, 7) is 11.4. The number of hydrogen-bond acceptors (Lipinski definition) is 2. The molecular formula is C13H21NO. The highest BCUT2D eigenvalue weighted by molar-refractivity contribution is 6.10. The van der Waals surface area contributed by atoms with Crippen LogP contribution in [0.25, 0.3) is 0 Å². The molecule has 0 aromatic heterocycles. The summed E-state index contributed by atoms with van der Waals surface area (Å²) in [5.74, 6) is 0.348. The highest BCUT2D eigenvalue weighted by Crippen LogP contribution is 2.19. The van der Waals surface area contributed by atoms with E-state index < -0.39 is 0 Å². The van der Waals surface area contributed by atoms with Crippen molar-refractivity contribution in [3.8, 4) is 0 Å². The van der Waals surface area contributed by atoms with E-state index in [0.717, 1.165) is 12.1 Å². The number of ketones is 1. The van der Waals surface area contributed by atoms with Crippen LogP contribution in [0.4, 0.5) is 0 Å². The molecule has 0 radical (unpaired) electrons. The Hall–Kier alpha value is -1.18. The summed E-state index contributed by atoms with van der Waals surface area (Å²) in [5.41, 5.74) is 0.773. The average molecular weight is 207 g/mol. The maximum Gasteiger partial charge on any atom is 0.139 e. The summed E-state index contributed by atoms with van der Waals surface area (Å²) in [6, 6.07) is 0. The van der Waals surface area contributed by atoms with Gasteiger partial charge in [0.15, 0.2) is 0 Å². The van der Waals surface area contributed by atoms with E-state index in [1.807, 2.05) is 13.0 Å². The second kappa shape index (κ2) is 7.16. The van der Waals surface area contributed by atoms with Gasteiger partial charge in [0.25, 0.3) is 0 Å². The average Bonchev–Trinajstić information content (AvgIpc) is 2.22. The molecule has 0 rings (SSSR count). The summed E-state index contributed by atoms with van der Waals surface area (Å²) in [6.07, 6.45) is 6.19. The standard InChI is InChI=1S/C13H21NO/c1-6-9-14-12(8-3)13(11(5)15)10(4)7-2/h6,8-10,13H,3,7H2,1-2,4-5H3/b9-6-,14-12?/t10?,13-/m0/s1. The third-order valence-corrected chi connectivity index (χ3v) is 2.55. The van der Waals surface area contributed by atoms with E-state index >= 15 is 0 Å². The highest BCUT2D eigenvalue weighted by atomic mass is 16.1. The van der Waals surface area contributed by atoms with E-state index in [-0.39, 0.29) is 11.7 Å². The smallest absolute Gasteiger partial charge is 0.139 e. The van der Waals surface area contributed by atoms with Crippen molar-refractivity contribution in [2.24, 2.45) is 16.8 Å². The lowest BCUT2D eigenvalue weighted by Gasteiger charge is -2.19. The third kappa shape index (κ3) is 4.24. The lowest BCUT2D eigenvalue weighted by atomic mass is 9.84. The van der Waals surface area contributed by atoms with Gasteiger partial charge in [-0.2, -0.15) is 0 Å². The molecule has 0 amide bonds. The summed E-state index contributed by atoms with van der Waals surface area (Å²) in [5, 5.41) is 0. The van der Waals surface area contributed by atoms with Gasteiger partial charge in [-0.15, -0.1) is 0 Å². The molecule has 0 saturated heterocycles. The quantitative estimate of drug-likeness (QED) is 0.614. The first kappa shape index (κ1) is 13.8. The molecular weight excluding hydrogens is 186 g/mol. The Kier molecular flexibility index (Phi) is 6.59. The molecule has 2 heteroatoms. The maximum atomic E-state index is 11.6. The van der Waals surface area contributed by atoms with E-state index in [2.05, 4.69) is 25.4 Å². The van der Waals surface area contributed by atoms with E-state index in [1.54, 1.807) is 19.2 Å². The van der Waals surface area contributed by atoms with Gasteiger partial charge >= 0.3 is 0 Å². The van der Waals surface area contributed by atoms with Gasteiger partial charge in [0.1, 0.15) is 5.78 Å². The maximum absolute atomic E-state index is 11.6. The summed E-state index contributed by atoms with van der Waals surface area (Å²) in [7, 11) is 0. The van der Waals surface area contributed by atoms with Crippen LogP contribution in [0.2, 0.25) is 0 Å². The van der Waals surface area contributed by atoms with Crippen molar-refractivity contribution in [2.45, 2.75) is 34.1 Å². The lowest BCUT2D eigenvalue weighted by Crippen LogP contribution is -2.27. The summed E-state index contributed by atoms with van der Waals surface area (Å²) in [4.78, 5) is 15.8. The number of aliphatic imine (C=N–C) groups is 1. The molecule has 84 valence electrons. The van der Waals surface area contributed by atoms with Crippen molar-refractivity contribution in [3.63, 3.8) is 0 Å². The van der Waals surface area contributed by atoms with Crippen molar-refractivity contribution < 1.29 is 4.79 Å². The van der Waals surface area contributed by atoms with E-state index in [1.165, 1.54) is 0 Å². The fourth-order valence-electron chi connectivity index (χ4n) is 1.56. The molecule has 0 heterocycles. The van der Waals surface area contributed by atoms with Crippen LogP contribution >= 0.6 is 0 Å². The molecule has 0 aliphatic carbocycles. The molecule has 1 unspecified atom stereocenters. The normalized spacial score (nSPS) is 16.4. The third-order valence-electron chi connectivity index (χ3n) is 2.55. The molecule has 15 heavy (non-hydrogen) atoms. The predicted octanol–water partition coefficient (Wildman–Crippen LogP) is 3.40. The van der Waals surface area contributed by atoms with Crippen LogP contribution in [0, 0.1) is 11.8 Å². The zero-order chi connectivity index (χ0) is 11.8. The van der Waals surface area contributed by atoms with Crippen LogP contribution in [0.1, 0.15) is 34.1 Å². The Morgan fingerprint density at radius 3 is 2.47 bits per heavy atom. The molecule has 2 atom stereocenters. The molecule has 0 aromatic carbocycles. The number of Topliss-reactive ketones (excluding diaryl/α,β-unsaturated/α-hetero) is 1. The Balaban J connectivity index is 5.02. The van der Waals surface area contributed by atoms with Gasteiger partial charge in [0.2, 0.25) is 0 Å². The van der Waals surface area contributed by atoms with Crippen molar-refractivity contribution in [1.29, 1.82) is 0 Å². The Morgan fingerprint density at radius 2 is 2.13 bits per heavy atom. The monoisotopic (exact) mass is 207 g/mol. The number of carbonyl (C=O) groups is 1. The zero-order valence-corrected chi connectivity index (χ0v) is 10.2. The molecule has 2 nitrogen and oxygen atoms in total. The first-order valence-electron chi connectivity index (χ1n) is 5.40. The Labute approximate surface area is 92.8 Å². The molecule has 0 aromatic rings. The molecule has 0 N–H and O–H groups in total. The number of carbonyl (C=O) groups excluding carboxylic acids is 1. The fourth-order valence-corrected chi connectivity index (χ4v) is 1.56. The molecule has 0 bridgehead atoms.